The summed E-state index contributed by atoms with van der Waals surface area (Å²) >= 11 is 0. The molecule has 0 unspecified atom stereocenters. The van der Waals surface area contributed by atoms with E-state index in [1.807, 2.05) is 13.0 Å². The summed E-state index contributed by atoms with van der Waals surface area (Å²) in [5.41, 5.74) is 0.263. The van der Waals surface area contributed by atoms with Gasteiger partial charge in [-0.2, -0.15) is 0 Å². The van der Waals surface area contributed by atoms with Gasteiger partial charge in [0, 0.05) is 19.8 Å². The molecule has 0 aliphatic carbocycles. The Kier molecular flexibility index (Phi) is 3.76. The van der Waals surface area contributed by atoms with Crippen LogP contribution in [0.3, 0.4) is 0 Å². The first-order valence-electron chi connectivity index (χ1n) is 7.23. The van der Waals surface area contributed by atoms with E-state index in [2.05, 4.69) is 15.3 Å². The number of aryl methyl sites for hydroxylation is 2. The Labute approximate surface area is 136 Å². The summed E-state index contributed by atoms with van der Waals surface area (Å²) in [6, 6.07) is 5.29. The molecule has 1 amide bonds. The Bertz CT molecular complexity index is 1060. The fraction of sp³-hybridized carbons (Fsp3) is 0.267. The molecule has 1 N–H and O–H groups in total. The average molecular weight is 328 g/mol. The minimum atomic E-state index is -0.493. The van der Waals surface area contributed by atoms with E-state index >= 15 is 0 Å². The van der Waals surface area contributed by atoms with Crippen molar-refractivity contribution in [2.45, 2.75) is 13.5 Å². The Morgan fingerprint density at radius 2 is 1.96 bits per heavy atom. The highest BCUT2D eigenvalue weighted by Crippen LogP contribution is 2.07. The molecule has 0 fully saturated rings. The largest absolute Gasteiger partial charge is 0.332 e. The van der Waals surface area contributed by atoms with Gasteiger partial charge < -0.3 is 9.88 Å². The van der Waals surface area contributed by atoms with Gasteiger partial charge in [0.05, 0.1) is 6.33 Å². The lowest BCUT2D eigenvalue weighted by atomic mass is 10.3. The van der Waals surface area contributed by atoms with Crippen LogP contribution in [-0.4, -0.2) is 29.6 Å². The minimum absolute atomic E-state index is 0.112. The van der Waals surface area contributed by atoms with E-state index in [1.165, 1.54) is 29.6 Å². The maximum Gasteiger partial charge on any atom is 0.332 e. The van der Waals surface area contributed by atoms with Crippen molar-refractivity contribution in [3.63, 3.8) is 0 Å². The number of aromatic nitrogens is 5. The van der Waals surface area contributed by atoms with Gasteiger partial charge in [-0.05, 0) is 19.1 Å². The second-order valence-electron chi connectivity index (χ2n) is 5.46. The highest BCUT2D eigenvalue weighted by atomic mass is 16.2. The number of nitrogens with one attached hydrogen (secondary N) is 1. The van der Waals surface area contributed by atoms with Crippen molar-refractivity contribution in [1.82, 2.24) is 23.7 Å². The van der Waals surface area contributed by atoms with Gasteiger partial charge in [0.15, 0.2) is 11.2 Å². The molecule has 3 aromatic rings. The van der Waals surface area contributed by atoms with Crippen molar-refractivity contribution in [3.8, 4) is 0 Å². The second-order valence-corrected chi connectivity index (χ2v) is 5.46. The van der Waals surface area contributed by atoms with Gasteiger partial charge in [-0.3, -0.25) is 18.7 Å². The molecule has 24 heavy (non-hydrogen) atoms. The van der Waals surface area contributed by atoms with Crippen molar-refractivity contribution >= 4 is 22.9 Å². The summed E-state index contributed by atoms with van der Waals surface area (Å²) in [4.78, 5) is 44.7. The molecule has 0 spiro atoms. The highest BCUT2D eigenvalue weighted by Gasteiger charge is 2.16. The van der Waals surface area contributed by atoms with Crippen molar-refractivity contribution < 1.29 is 4.79 Å². The third-order valence-corrected chi connectivity index (χ3v) is 3.69. The molecule has 0 saturated heterocycles. The van der Waals surface area contributed by atoms with E-state index in [4.69, 9.17) is 0 Å². The Hall–Kier alpha value is -3.23. The summed E-state index contributed by atoms with van der Waals surface area (Å²) in [6.07, 6.45) is 1.37. The monoisotopic (exact) mass is 328 g/mol. The Morgan fingerprint density at radius 3 is 2.67 bits per heavy atom. The van der Waals surface area contributed by atoms with Crippen LogP contribution in [0.1, 0.15) is 5.69 Å². The van der Waals surface area contributed by atoms with Gasteiger partial charge in [0.2, 0.25) is 5.91 Å². The summed E-state index contributed by atoms with van der Waals surface area (Å²) < 4.78 is 3.68. The van der Waals surface area contributed by atoms with Gasteiger partial charge in [0.25, 0.3) is 5.56 Å². The predicted molar refractivity (Wildman–Crippen MR) is 87.8 cm³/mol. The first-order chi connectivity index (χ1) is 11.4. The zero-order chi connectivity index (χ0) is 17.4. The quantitative estimate of drug-likeness (QED) is 0.715. The van der Waals surface area contributed by atoms with Crippen molar-refractivity contribution in [2.24, 2.45) is 14.1 Å². The zero-order valence-corrected chi connectivity index (χ0v) is 13.5. The summed E-state index contributed by atoms with van der Waals surface area (Å²) in [5.74, 6) is 0.0908. The first-order valence-corrected chi connectivity index (χ1v) is 7.23. The fourth-order valence-electron chi connectivity index (χ4n) is 2.47. The number of pyridine rings is 1. The minimum Gasteiger partial charge on any atom is -0.315 e. The SMILES string of the molecule is Cc1cccc(NC(=O)Cn2cnc3c2c(=O)n(C)c(=O)n3C)n1. The van der Waals surface area contributed by atoms with E-state index in [0.717, 1.165) is 10.3 Å². The van der Waals surface area contributed by atoms with E-state index in [0.29, 0.717) is 5.82 Å². The molecule has 9 nitrogen and oxygen atoms in total. The third kappa shape index (κ3) is 2.60. The molecular formula is C15H16N6O3. The number of carbonyl (C=O) groups excluding carboxylic acids is 1. The van der Waals surface area contributed by atoms with Crippen LogP contribution < -0.4 is 16.6 Å². The molecule has 0 saturated carbocycles. The lowest BCUT2D eigenvalue weighted by Gasteiger charge is -2.07. The Morgan fingerprint density at radius 1 is 1.21 bits per heavy atom. The van der Waals surface area contributed by atoms with Crippen LogP contribution in [0.4, 0.5) is 5.82 Å². The molecular weight excluding hydrogens is 312 g/mol. The lowest BCUT2D eigenvalue weighted by molar-refractivity contribution is -0.116. The maximum absolute atomic E-state index is 12.3. The number of carbonyl (C=O) groups is 1. The summed E-state index contributed by atoms with van der Waals surface area (Å²) in [5, 5.41) is 2.67. The van der Waals surface area contributed by atoms with Gasteiger partial charge in [-0.1, -0.05) is 6.07 Å². The molecule has 0 bridgehead atoms. The number of anilines is 1. The van der Waals surface area contributed by atoms with Gasteiger partial charge in [0.1, 0.15) is 12.4 Å². The van der Waals surface area contributed by atoms with Crippen molar-refractivity contribution in [3.05, 3.63) is 51.1 Å². The third-order valence-electron chi connectivity index (χ3n) is 3.69. The summed E-state index contributed by atoms with van der Waals surface area (Å²) in [7, 11) is 2.91. The molecule has 124 valence electrons. The fourth-order valence-corrected chi connectivity index (χ4v) is 2.47. The van der Waals surface area contributed by atoms with E-state index < -0.39 is 11.2 Å². The number of hydrogen-bond donors (Lipinski definition) is 1. The standard InChI is InChI=1S/C15H16N6O3/c1-9-5-4-6-10(17-9)18-11(22)7-21-8-16-13-12(21)14(23)20(3)15(24)19(13)2/h4-6,8H,7H2,1-3H3,(H,17,18,22). The van der Waals surface area contributed by atoms with Gasteiger partial charge >= 0.3 is 5.69 Å². The van der Waals surface area contributed by atoms with Crippen LogP contribution >= 0.6 is 0 Å². The van der Waals surface area contributed by atoms with Crippen molar-refractivity contribution in [2.75, 3.05) is 5.32 Å². The average Bonchev–Trinajstić information content (AvgIpc) is 2.94. The second kappa shape index (κ2) is 5.76. The highest BCUT2D eigenvalue weighted by molar-refractivity contribution is 5.90. The molecule has 0 radical (unpaired) electrons. The predicted octanol–water partition coefficient (Wildman–Crippen LogP) is -0.224. The number of imidazole rings is 1. The number of rotatable bonds is 3. The zero-order valence-electron chi connectivity index (χ0n) is 13.5. The molecule has 9 heteroatoms. The van der Waals surface area contributed by atoms with Crippen LogP contribution in [0.5, 0.6) is 0 Å². The smallest absolute Gasteiger partial charge is 0.315 e. The molecule has 0 aliphatic rings. The molecule has 3 heterocycles. The van der Waals surface area contributed by atoms with E-state index in [9.17, 15) is 14.4 Å². The molecule has 3 aromatic heterocycles. The van der Waals surface area contributed by atoms with Gasteiger partial charge in [-0.25, -0.2) is 14.8 Å². The Balaban J connectivity index is 1.95. The maximum atomic E-state index is 12.3. The van der Waals surface area contributed by atoms with Crippen LogP contribution in [0, 0.1) is 6.92 Å². The molecule has 3 rings (SSSR count). The number of nitrogens with zero attached hydrogens (tertiary/aromatic N) is 5. The van der Waals surface area contributed by atoms with E-state index in [1.54, 1.807) is 12.1 Å². The lowest BCUT2D eigenvalue weighted by Crippen LogP contribution is -2.37. The van der Waals surface area contributed by atoms with Crippen LogP contribution in [0.2, 0.25) is 0 Å². The van der Waals surface area contributed by atoms with Gasteiger partial charge in [-0.15, -0.1) is 0 Å². The number of hydrogen-bond acceptors (Lipinski definition) is 5. The molecule has 0 atom stereocenters. The van der Waals surface area contributed by atoms with Crippen LogP contribution in [0.25, 0.3) is 11.2 Å². The number of fused-ring (bicyclic) bond motifs is 1. The molecule has 0 aliphatic heterocycles. The van der Waals surface area contributed by atoms with Crippen molar-refractivity contribution in [1.29, 1.82) is 0 Å². The summed E-state index contributed by atoms with van der Waals surface area (Å²) in [6.45, 7) is 1.71. The number of amides is 1. The van der Waals surface area contributed by atoms with E-state index in [-0.39, 0.29) is 23.6 Å². The van der Waals surface area contributed by atoms with Crippen LogP contribution in [-0.2, 0) is 25.4 Å². The molecule has 0 aromatic carbocycles. The topological polar surface area (TPSA) is 104 Å². The first kappa shape index (κ1) is 15.7. The van der Waals surface area contributed by atoms with Crippen LogP contribution in [0.15, 0.2) is 34.1 Å². The normalized spacial score (nSPS) is 11.0.